The van der Waals surface area contributed by atoms with E-state index in [1.54, 1.807) is 18.2 Å². The largest absolute Gasteiger partial charge is 0.345 e. The molecule has 1 aliphatic carbocycles. The zero-order valence-electron chi connectivity index (χ0n) is 22.5. The summed E-state index contributed by atoms with van der Waals surface area (Å²) < 4.78 is 13.6. The van der Waals surface area contributed by atoms with Gasteiger partial charge < -0.3 is 20.4 Å². The standard InChI is InChI=1S/C30H32FN5O4/c1-18(37)33-25(13-19-7-8-19)27(38)35(2)26(14-20-9-11-21(31)12-10-20)28(39)36-17-30(15-22(36)16-32)23-5-3-4-6-24(23)34-29(30)40/h3-6,9-12,19,22,25-26H,7-8,13-15,17H2,1-2H3,(H,33,37)(H,34,40)/t22-,25-,26-,30-/m0/s1. The number of carbonyl (C=O) groups excluding carboxylic acids is 4. The molecular weight excluding hydrogens is 513 g/mol. The van der Waals surface area contributed by atoms with Gasteiger partial charge in [-0.05, 0) is 41.7 Å². The van der Waals surface area contributed by atoms with Gasteiger partial charge in [0.1, 0.15) is 23.9 Å². The van der Waals surface area contributed by atoms with Crippen molar-refractivity contribution < 1.29 is 23.6 Å². The smallest absolute Gasteiger partial charge is 0.246 e. The van der Waals surface area contributed by atoms with Crippen LogP contribution in [0.3, 0.4) is 0 Å². The van der Waals surface area contributed by atoms with E-state index in [1.807, 2.05) is 18.2 Å². The number of likely N-dealkylation sites (tertiary alicyclic amines) is 1. The van der Waals surface area contributed by atoms with Crippen molar-refractivity contribution in [3.8, 4) is 6.07 Å². The van der Waals surface area contributed by atoms with Crippen molar-refractivity contribution in [2.45, 2.75) is 62.6 Å². The highest BCUT2D eigenvalue weighted by Gasteiger charge is 2.56. The van der Waals surface area contributed by atoms with Crippen LogP contribution >= 0.6 is 0 Å². The van der Waals surface area contributed by atoms with Crippen LogP contribution in [-0.2, 0) is 31.0 Å². The fourth-order valence-electron chi connectivity index (χ4n) is 5.96. The minimum Gasteiger partial charge on any atom is -0.345 e. The number of hydrogen-bond donors (Lipinski definition) is 2. The Morgan fingerprint density at radius 1 is 1.20 bits per heavy atom. The molecule has 208 valence electrons. The Labute approximate surface area is 232 Å². The third-order valence-electron chi connectivity index (χ3n) is 8.30. The van der Waals surface area contributed by atoms with Crippen LogP contribution in [0.2, 0.25) is 0 Å². The second kappa shape index (κ2) is 10.7. The third-order valence-corrected chi connectivity index (χ3v) is 8.30. The molecule has 4 atom stereocenters. The lowest BCUT2D eigenvalue weighted by Gasteiger charge is -2.34. The summed E-state index contributed by atoms with van der Waals surface area (Å²) in [6.07, 6.45) is 2.64. The number of nitrogens with one attached hydrogen (secondary N) is 2. The van der Waals surface area contributed by atoms with Gasteiger partial charge in [0, 0.05) is 39.0 Å². The molecule has 1 spiro atoms. The van der Waals surface area contributed by atoms with Gasteiger partial charge in [0.2, 0.25) is 23.6 Å². The third kappa shape index (κ3) is 5.16. The summed E-state index contributed by atoms with van der Waals surface area (Å²) in [5, 5.41) is 15.7. The van der Waals surface area contributed by atoms with E-state index in [4.69, 9.17) is 0 Å². The predicted molar refractivity (Wildman–Crippen MR) is 144 cm³/mol. The van der Waals surface area contributed by atoms with Gasteiger partial charge in [0.25, 0.3) is 0 Å². The number of anilines is 1. The van der Waals surface area contributed by atoms with Crippen LogP contribution in [0.1, 0.15) is 43.7 Å². The van der Waals surface area contributed by atoms with Crippen LogP contribution in [0.25, 0.3) is 0 Å². The first kappa shape index (κ1) is 27.3. The quantitative estimate of drug-likeness (QED) is 0.528. The SMILES string of the molecule is CC(=O)N[C@@H](CC1CC1)C(=O)N(C)[C@@H](Cc1ccc(F)cc1)C(=O)N1C[C@]2(C[C@H]1C#N)C(=O)Nc1ccccc12. The highest BCUT2D eigenvalue weighted by Crippen LogP contribution is 2.46. The highest BCUT2D eigenvalue weighted by molar-refractivity contribution is 6.07. The summed E-state index contributed by atoms with van der Waals surface area (Å²) >= 11 is 0. The Bertz CT molecular complexity index is 1390. The molecule has 2 aromatic carbocycles. The molecule has 2 aromatic rings. The van der Waals surface area contributed by atoms with Gasteiger partial charge in [-0.25, -0.2) is 4.39 Å². The van der Waals surface area contributed by atoms with Gasteiger partial charge in [-0.3, -0.25) is 19.2 Å². The maximum Gasteiger partial charge on any atom is 0.246 e. The van der Waals surface area contributed by atoms with E-state index in [2.05, 4.69) is 16.7 Å². The second-order valence-corrected chi connectivity index (χ2v) is 11.1. The number of halogens is 1. The predicted octanol–water partition coefficient (Wildman–Crippen LogP) is 2.51. The van der Waals surface area contributed by atoms with Gasteiger partial charge in [-0.1, -0.05) is 43.2 Å². The van der Waals surface area contributed by atoms with Crippen LogP contribution in [0, 0.1) is 23.1 Å². The Hall–Kier alpha value is -4.26. The lowest BCUT2D eigenvalue weighted by atomic mass is 9.80. The van der Waals surface area contributed by atoms with E-state index in [0.29, 0.717) is 23.6 Å². The number of hydrogen-bond acceptors (Lipinski definition) is 5. The van der Waals surface area contributed by atoms with Gasteiger partial charge in [-0.2, -0.15) is 5.26 Å². The summed E-state index contributed by atoms with van der Waals surface area (Å²) in [6.45, 7) is 1.34. The molecular formula is C30H32FN5O4. The molecule has 0 bridgehead atoms. The van der Waals surface area contributed by atoms with Crippen LogP contribution < -0.4 is 10.6 Å². The molecule has 1 saturated heterocycles. The number of nitrogens with zero attached hydrogens (tertiary/aromatic N) is 3. The number of para-hydroxylation sites is 1. The van der Waals surface area contributed by atoms with Crippen LogP contribution in [0.5, 0.6) is 0 Å². The van der Waals surface area contributed by atoms with Gasteiger partial charge >= 0.3 is 0 Å². The summed E-state index contributed by atoms with van der Waals surface area (Å²) in [5.41, 5.74) is 0.960. The number of rotatable bonds is 8. The Morgan fingerprint density at radius 3 is 2.55 bits per heavy atom. The zero-order valence-corrected chi connectivity index (χ0v) is 22.5. The summed E-state index contributed by atoms with van der Waals surface area (Å²) in [5.74, 6) is -1.58. The van der Waals surface area contributed by atoms with E-state index < -0.39 is 41.2 Å². The molecule has 2 heterocycles. The number of amides is 4. The van der Waals surface area contributed by atoms with Crippen molar-refractivity contribution in [2.75, 3.05) is 18.9 Å². The van der Waals surface area contributed by atoms with Crippen LogP contribution in [-0.4, -0.2) is 65.1 Å². The fraction of sp³-hybridized carbons (Fsp3) is 0.433. The molecule has 0 radical (unpaired) electrons. The van der Waals surface area contributed by atoms with E-state index in [9.17, 15) is 28.8 Å². The van der Waals surface area contributed by atoms with Crippen molar-refractivity contribution >= 4 is 29.3 Å². The number of likely N-dealkylation sites (N-methyl/N-ethyl adjacent to an activating group) is 1. The minimum atomic E-state index is -1.07. The normalized spacial score (nSPS) is 22.7. The summed E-state index contributed by atoms with van der Waals surface area (Å²) in [7, 11) is 1.51. The molecule has 1 saturated carbocycles. The average molecular weight is 546 g/mol. The summed E-state index contributed by atoms with van der Waals surface area (Å²) in [6, 6.07) is 12.4. The first-order chi connectivity index (χ1) is 19.1. The lowest BCUT2D eigenvalue weighted by molar-refractivity contribution is -0.146. The van der Waals surface area contributed by atoms with E-state index in [1.165, 1.54) is 35.9 Å². The minimum absolute atomic E-state index is 0.00788. The maximum atomic E-state index is 14.3. The number of nitriles is 1. The highest BCUT2D eigenvalue weighted by atomic mass is 19.1. The summed E-state index contributed by atoms with van der Waals surface area (Å²) in [4.78, 5) is 55.8. The molecule has 5 rings (SSSR count). The van der Waals surface area contributed by atoms with Gasteiger partial charge in [0.15, 0.2) is 0 Å². The van der Waals surface area contributed by atoms with Gasteiger partial charge in [-0.15, -0.1) is 0 Å². The average Bonchev–Trinajstić information content (AvgIpc) is 3.60. The number of benzene rings is 2. The molecule has 4 amide bonds. The van der Waals surface area contributed by atoms with Crippen molar-refractivity contribution in [3.05, 3.63) is 65.5 Å². The Balaban J connectivity index is 1.47. The molecule has 3 aliphatic rings. The van der Waals surface area contributed by atoms with Crippen molar-refractivity contribution in [2.24, 2.45) is 5.92 Å². The molecule has 2 N–H and O–H groups in total. The molecule has 10 heteroatoms. The first-order valence-electron chi connectivity index (χ1n) is 13.5. The van der Waals surface area contributed by atoms with E-state index in [0.717, 1.165) is 18.4 Å². The second-order valence-electron chi connectivity index (χ2n) is 11.1. The monoisotopic (exact) mass is 545 g/mol. The molecule has 2 aliphatic heterocycles. The van der Waals surface area contributed by atoms with Gasteiger partial charge in [0.05, 0.1) is 11.5 Å². The van der Waals surface area contributed by atoms with E-state index >= 15 is 0 Å². The number of carbonyl (C=O) groups is 4. The molecule has 2 fully saturated rings. The van der Waals surface area contributed by atoms with Crippen molar-refractivity contribution in [1.82, 2.24) is 15.1 Å². The Morgan fingerprint density at radius 2 is 1.90 bits per heavy atom. The fourth-order valence-corrected chi connectivity index (χ4v) is 5.96. The Kier molecular flexibility index (Phi) is 7.32. The maximum absolute atomic E-state index is 14.3. The molecule has 0 aromatic heterocycles. The van der Waals surface area contributed by atoms with Crippen LogP contribution in [0.4, 0.5) is 10.1 Å². The van der Waals surface area contributed by atoms with Crippen LogP contribution in [0.15, 0.2) is 48.5 Å². The number of fused-ring (bicyclic) bond motifs is 2. The van der Waals surface area contributed by atoms with E-state index in [-0.39, 0.29) is 31.2 Å². The topological polar surface area (TPSA) is 123 Å². The first-order valence-corrected chi connectivity index (χ1v) is 13.5. The molecule has 0 unspecified atom stereocenters. The van der Waals surface area contributed by atoms with Crippen molar-refractivity contribution in [3.63, 3.8) is 0 Å². The zero-order chi connectivity index (χ0) is 28.6. The van der Waals surface area contributed by atoms with Crippen molar-refractivity contribution in [1.29, 1.82) is 5.26 Å². The molecule has 40 heavy (non-hydrogen) atoms. The lowest BCUT2D eigenvalue weighted by Crippen LogP contribution is -2.56. The molecule has 9 nitrogen and oxygen atoms in total.